The Labute approximate surface area is 147 Å². The normalized spacial score (nSPS) is 17.2. The lowest BCUT2D eigenvalue weighted by molar-refractivity contribution is 0.155. The van der Waals surface area contributed by atoms with Crippen LogP contribution in [0, 0.1) is 0 Å². The number of fused-ring (bicyclic) bond motifs is 1. The van der Waals surface area contributed by atoms with Crippen molar-refractivity contribution in [1.82, 2.24) is 24.8 Å². The van der Waals surface area contributed by atoms with Crippen molar-refractivity contribution in [1.29, 1.82) is 0 Å². The Balaban J connectivity index is 1.62. The van der Waals surface area contributed by atoms with Crippen LogP contribution in [0.5, 0.6) is 0 Å². The minimum absolute atomic E-state index is 0.0187. The topological polar surface area (TPSA) is 107 Å². The Bertz CT molecular complexity index is 943. The number of carboxylic acid groups (broad SMARTS) is 1. The van der Waals surface area contributed by atoms with Gasteiger partial charge in [0.15, 0.2) is 0 Å². The number of nitrogens with zero attached hydrogens (tertiary/aromatic N) is 4. The minimum atomic E-state index is -0.909. The number of aromatic nitrogens is 4. The largest absolute Gasteiger partial charge is 0.465 e. The lowest BCUT2D eigenvalue weighted by Gasteiger charge is -2.14. The molecule has 25 heavy (non-hydrogen) atoms. The molecule has 4 rings (SSSR count). The second kappa shape index (κ2) is 6.21. The number of aromatic amines is 1. The Kier molecular flexibility index (Phi) is 3.89. The Morgan fingerprint density at radius 1 is 1.44 bits per heavy atom. The molecule has 0 radical (unpaired) electrons. The summed E-state index contributed by atoms with van der Waals surface area (Å²) in [6, 6.07) is 3.78. The maximum Gasteiger partial charge on any atom is 0.407 e. The molecule has 3 aromatic heterocycles. The summed E-state index contributed by atoms with van der Waals surface area (Å²) in [6.07, 6.45) is 4.88. The van der Waals surface area contributed by atoms with Gasteiger partial charge in [-0.25, -0.2) is 19.7 Å². The fourth-order valence-corrected chi connectivity index (χ4v) is 3.20. The number of rotatable bonds is 3. The second-order valence-corrected chi connectivity index (χ2v) is 6.26. The Morgan fingerprint density at radius 3 is 3.12 bits per heavy atom. The van der Waals surface area contributed by atoms with E-state index in [1.807, 2.05) is 18.3 Å². The monoisotopic (exact) mass is 358 g/mol. The van der Waals surface area contributed by atoms with Crippen LogP contribution in [-0.2, 0) is 0 Å². The van der Waals surface area contributed by atoms with Gasteiger partial charge in [0.25, 0.3) is 0 Å². The zero-order valence-electron chi connectivity index (χ0n) is 13.1. The van der Waals surface area contributed by atoms with Gasteiger partial charge in [-0.2, -0.15) is 0 Å². The summed E-state index contributed by atoms with van der Waals surface area (Å²) in [5, 5.41) is 13.6. The summed E-state index contributed by atoms with van der Waals surface area (Å²) in [5.74, 6) is 0.426. The van der Waals surface area contributed by atoms with E-state index in [-0.39, 0.29) is 6.04 Å². The van der Waals surface area contributed by atoms with Gasteiger partial charge >= 0.3 is 6.09 Å². The Morgan fingerprint density at radius 2 is 2.32 bits per heavy atom. The van der Waals surface area contributed by atoms with E-state index < -0.39 is 6.09 Å². The van der Waals surface area contributed by atoms with Crippen molar-refractivity contribution in [2.75, 3.05) is 18.4 Å². The molecule has 4 heterocycles. The standard InChI is InChI=1S/C16H15ClN6O2/c17-12-7-20-15(21-9-3-5-23(8-9)16(24)25)22-13(12)11-6-19-14-10(11)2-1-4-18-14/h1-2,4,6-7,9H,3,5,8H2,(H,18,19)(H,24,25)(H,20,21,22)/t9-/m1/s1. The molecular weight excluding hydrogens is 344 g/mol. The van der Waals surface area contributed by atoms with Gasteiger partial charge in [-0.05, 0) is 18.6 Å². The highest BCUT2D eigenvalue weighted by Crippen LogP contribution is 2.31. The predicted octanol–water partition coefficient (Wildman–Crippen LogP) is 2.84. The SMILES string of the molecule is O=C(O)N1CC[C@@H](Nc2ncc(Cl)c(-c3c[nH]c4ncccc34)n2)C1. The van der Waals surface area contributed by atoms with Crippen LogP contribution in [0.4, 0.5) is 10.7 Å². The van der Waals surface area contributed by atoms with Crippen LogP contribution in [0.1, 0.15) is 6.42 Å². The highest BCUT2D eigenvalue weighted by atomic mass is 35.5. The summed E-state index contributed by atoms with van der Waals surface area (Å²) in [6.45, 7) is 0.912. The fourth-order valence-electron chi connectivity index (χ4n) is 3.01. The van der Waals surface area contributed by atoms with Gasteiger partial charge in [-0.1, -0.05) is 11.6 Å². The van der Waals surface area contributed by atoms with Crippen molar-refractivity contribution in [3.8, 4) is 11.3 Å². The average Bonchev–Trinajstić information content (AvgIpc) is 3.24. The molecule has 0 aliphatic carbocycles. The van der Waals surface area contributed by atoms with E-state index in [2.05, 4.69) is 25.3 Å². The van der Waals surface area contributed by atoms with E-state index in [4.69, 9.17) is 16.7 Å². The molecule has 8 nitrogen and oxygen atoms in total. The molecule has 0 aromatic carbocycles. The molecule has 0 spiro atoms. The molecule has 0 bridgehead atoms. The first-order valence-corrected chi connectivity index (χ1v) is 8.19. The van der Waals surface area contributed by atoms with E-state index in [1.165, 1.54) is 4.90 Å². The molecule has 3 N–H and O–H groups in total. The molecule has 1 aliphatic rings. The molecule has 1 atom stereocenters. The van der Waals surface area contributed by atoms with E-state index in [1.54, 1.807) is 12.4 Å². The number of anilines is 1. The summed E-state index contributed by atoms with van der Waals surface area (Å²) in [5.41, 5.74) is 2.21. The average molecular weight is 359 g/mol. The van der Waals surface area contributed by atoms with Crippen molar-refractivity contribution in [2.24, 2.45) is 0 Å². The van der Waals surface area contributed by atoms with Crippen molar-refractivity contribution in [3.63, 3.8) is 0 Å². The zero-order valence-corrected chi connectivity index (χ0v) is 13.9. The first-order chi connectivity index (χ1) is 12.1. The number of pyridine rings is 1. The van der Waals surface area contributed by atoms with Crippen molar-refractivity contribution < 1.29 is 9.90 Å². The van der Waals surface area contributed by atoms with E-state index in [9.17, 15) is 4.79 Å². The zero-order chi connectivity index (χ0) is 17.4. The van der Waals surface area contributed by atoms with E-state index in [0.717, 1.165) is 16.6 Å². The van der Waals surface area contributed by atoms with Crippen LogP contribution in [0.15, 0.2) is 30.7 Å². The number of likely N-dealkylation sites (tertiary alicyclic amines) is 1. The van der Waals surface area contributed by atoms with Gasteiger partial charge in [-0.15, -0.1) is 0 Å². The summed E-state index contributed by atoms with van der Waals surface area (Å²) >= 11 is 6.30. The lowest BCUT2D eigenvalue weighted by atomic mass is 10.1. The number of carbonyl (C=O) groups is 1. The molecule has 1 aliphatic heterocycles. The highest BCUT2D eigenvalue weighted by Gasteiger charge is 2.26. The van der Waals surface area contributed by atoms with Gasteiger partial charge < -0.3 is 20.3 Å². The van der Waals surface area contributed by atoms with Gasteiger partial charge in [0, 0.05) is 42.5 Å². The summed E-state index contributed by atoms with van der Waals surface area (Å²) in [4.78, 5) is 28.5. The number of halogens is 1. The van der Waals surface area contributed by atoms with Gasteiger partial charge in [0.2, 0.25) is 5.95 Å². The Hall–Kier alpha value is -2.87. The fraction of sp³-hybridized carbons (Fsp3) is 0.250. The van der Waals surface area contributed by atoms with Crippen LogP contribution in [0.25, 0.3) is 22.3 Å². The van der Waals surface area contributed by atoms with Crippen LogP contribution in [0.3, 0.4) is 0 Å². The third kappa shape index (κ3) is 2.96. The lowest BCUT2D eigenvalue weighted by Crippen LogP contribution is -2.30. The smallest absolute Gasteiger partial charge is 0.407 e. The molecule has 1 fully saturated rings. The molecule has 0 unspecified atom stereocenters. The second-order valence-electron chi connectivity index (χ2n) is 5.85. The molecule has 0 saturated carbocycles. The maximum atomic E-state index is 11.0. The van der Waals surface area contributed by atoms with Crippen LogP contribution < -0.4 is 5.32 Å². The quantitative estimate of drug-likeness (QED) is 0.664. The predicted molar refractivity (Wildman–Crippen MR) is 93.8 cm³/mol. The van der Waals surface area contributed by atoms with E-state index >= 15 is 0 Å². The molecule has 9 heteroatoms. The number of nitrogens with one attached hydrogen (secondary N) is 2. The van der Waals surface area contributed by atoms with Gasteiger partial charge in [-0.3, -0.25) is 0 Å². The first kappa shape index (κ1) is 15.6. The molecule has 128 valence electrons. The highest BCUT2D eigenvalue weighted by molar-refractivity contribution is 6.33. The first-order valence-electron chi connectivity index (χ1n) is 7.81. The van der Waals surface area contributed by atoms with Crippen molar-refractivity contribution >= 4 is 34.7 Å². The maximum absolute atomic E-state index is 11.0. The molecule has 1 saturated heterocycles. The van der Waals surface area contributed by atoms with Crippen molar-refractivity contribution in [2.45, 2.75) is 12.5 Å². The van der Waals surface area contributed by atoms with Crippen LogP contribution in [-0.4, -0.2) is 55.2 Å². The van der Waals surface area contributed by atoms with Gasteiger partial charge in [0.05, 0.1) is 16.9 Å². The number of hydrogen-bond donors (Lipinski definition) is 3. The molecular formula is C16H15ClN6O2. The minimum Gasteiger partial charge on any atom is -0.465 e. The van der Waals surface area contributed by atoms with Crippen LogP contribution >= 0.6 is 11.6 Å². The van der Waals surface area contributed by atoms with Crippen molar-refractivity contribution in [3.05, 3.63) is 35.7 Å². The number of hydrogen-bond acceptors (Lipinski definition) is 5. The summed E-state index contributed by atoms with van der Waals surface area (Å²) < 4.78 is 0. The summed E-state index contributed by atoms with van der Waals surface area (Å²) in [7, 11) is 0. The molecule has 1 amide bonds. The third-order valence-corrected chi connectivity index (χ3v) is 4.52. The molecule has 3 aromatic rings. The van der Waals surface area contributed by atoms with E-state index in [0.29, 0.717) is 36.2 Å². The number of amides is 1. The van der Waals surface area contributed by atoms with Gasteiger partial charge in [0.1, 0.15) is 5.65 Å². The third-order valence-electron chi connectivity index (χ3n) is 4.24. The number of H-pyrrole nitrogens is 1. The van der Waals surface area contributed by atoms with Crippen LogP contribution in [0.2, 0.25) is 5.02 Å².